The summed E-state index contributed by atoms with van der Waals surface area (Å²) in [5, 5.41) is 4.08. The van der Waals surface area contributed by atoms with Crippen LogP contribution in [0.25, 0.3) is 0 Å². The van der Waals surface area contributed by atoms with Crippen LogP contribution in [0.1, 0.15) is 24.2 Å². The van der Waals surface area contributed by atoms with E-state index in [1.807, 2.05) is 36.4 Å². The van der Waals surface area contributed by atoms with E-state index in [1.54, 1.807) is 48.5 Å². The summed E-state index contributed by atoms with van der Waals surface area (Å²) in [7, 11) is -3.16. The minimum absolute atomic E-state index is 0.157. The lowest BCUT2D eigenvalue weighted by Gasteiger charge is -2.19. The van der Waals surface area contributed by atoms with Gasteiger partial charge in [0, 0.05) is 22.8 Å². The van der Waals surface area contributed by atoms with Gasteiger partial charge in [-0.15, -0.1) is 0 Å². The monoisotopic (exact) mass is 478 g/mol. The van der Waals surface area contributed by atoms with Crippen molar-refractivity contribution in [3.63, 3.8) is 0 Å². The van der Waals surface area contributed by atoms with Gasteiger partial charge in [-0.25, -0.2) is 4.79 Å². The molecule has 0 heterocycles. The molecule has 0 radical (unpaired) electrons. The topological polar surface area (TPSA) is 75.7 Å². The highest BCUT2D eigenvalue weighted by Crippen LogP contribution is 2.43. The maximum Gasteiger partial charge on any atom is 0.338 e. The van der Waals surface area contributed by atoms with Gasteiger partial charge in [-0.1, -0.05) is 74.5 Å². The molecule has 0 aliphatic heterocycles. The molecule has 6 nitrogen and oxygen atoms in total. The van der Waals surface area contributed by atoms with Crippen LogP contribution in [-0.4, -0.2) is 49.2 Å². The Kier molecular flexibility index (Phi) is 9.20. The van der Waals surface area contributed by atoms with Crippen LogP contribution in [-0.2, 0) is 14.1 Å². The highest BCUT2D eigenvalue weighted by atomic mass is 31.2. The summed E-state index contributed by atoms with van der Waals surface area (Å²) in [6.07, 6.45) is -0.157. The van der Waals surface area contributed by atoms with Crippen molar-refractivity contribution < 1.29 is 18.9 Å². The zero-order valence-corrected chi connectivity index (χ0v) is 20.5. The molecular weight excluding hydrogens is 447 g/mol. The van der Waals surface area contributed by atoms with E-state index in [1.165, 1.54) is 0 Å². The maximum absolute atomic E-state index is 14.0. The molecule has 0 fully saturated rings. The van der Waals surface area contributed by atoms with Gasteiger partial charge in [0.15, 0.2) is 7.14 Å². The minimum atomic E-state index is -3.16. The number of anilines is 1. The van der Waals surface area contributed by atoms with Crippen molar-refractivity contribution in [3.05, 3.63) is 90.5 Å². The van der Waals surface area contributed by atoms with Gasteiger partial charge < -0.3 is 19.5 Å². The third-order valence-electron chi connectivity index (χ3n) is 5.65. The highest BCUT2D eigenvalue weighted by Gasteiger charge is 2.30. The Morgan fingerprint density at radius 2 is 1.35 bits per heavy atom. The predicted octanol–water partition coefficient (Wildman–Crippen LogP) is 4.14. The summed E-state index contributed by atoms with van der Waals surface area (Å²) in [6, 6.07) is 24.7. The van der Waals surface area contributed by atoms with E-state index in [9.17, 15) is 14.2 Å². The van der Waals surface area contributed by atoms with Crippen molar-refractivity contribution in [2.75, 3.05) is 37.7 Å². The van der Waals surface area contributed by atoms with Crippen LogP contribution < -0.4 is 15.9 Å². The van der Waals surface area contributed by atoms with Crippen LogP contribution in [0.5, 0.6) is 0 Å². The molecule has 0 atom stereocenters. The summed E-state index contributed by atoms with van der Waals surface area (Å²) < 4.78 is 19.4. The van der Waals surface area contributed by atoms with E-state index in [2.05, 4.69) is 24.1 Å². The first-order chi connectivity index (χ1) is 16.5. The van der Waals surface area contributed by atoms with Crippen LogP contribution in [0.2, 0.25) is 0 Å². The summed E-state index contributed by atoms with van der Waals surface area (Å²) in [4.78, 5) is 27.3. The highest BCUT2D eigenvalue weighted by molar-refractivity contribution is 7.79. The smallest absolute Gasteiger partial charge is 0.338 e. The molecule has 3 aromatic carbocycles. The zero-order chi connectivity index (χ0) is 24.4. The Balaban J connectivity index is 1.64. The number of carbonyl (C=O) groups is 2. The number of nitrogens with zero attached hydrogens (tertiary/aromatic N) is 1. The normalized spacial score (nSPS) is 11.3. The Morgan fingerprint density at radius 3 is 1.85 bits per heavy atom. The molecular formula is C27H31N2O4P. The van der Waals surface area contributed by atoms with Crippen LogP contribution in [0, 0.1) is 0 Å². The molecule has 0 unspecified atom stereocenters. The number of ether oxygens (including phenoxy) is 1. The number of amides is 1. The van der Waals surface area contributed by atoms with Gasteiger partial charge in [-0.05, 0) is 37.4 Å². The molecule has 1 N–H and O–H groups in total. The van der Waals surface area contributed by atoms with Gasteiger partial charge in [-0.2, -0.15) is 0 Å². The Labute approximate surface area is 201 Å². The van der Waals surface area contributed by atoms with E-state index in [-0.39, 0.29) is 12.1 Å². The molecule has 7 heteroatoms. The van der Waals surface area contributed by atoms with Gasteiger partial charge in [-0.3, -0.25) is 4.79 Å². The maximum atomic E-state index is 14.0. The van der Waals surface area contributed by atoms with Gasteiger partial charge in [0.1, 0.15) is 6.61 Å². The molecule has 3 rings (SSSR count). The molecule has 0 aliphatic carbocycles. The van der Waals surface area contributed by atoms with Gasteiger partial charge in [0.2, 0.25) is 5.91 Å². The average molecular weight is 479 g/mol. The van der Waals surface area contributed by atoms with Crippen molar-refractivity contribution in [3.8, 4) is 0 Å². The van der Waals surface area contributed by atoms with Crippen molar-refractivity contribution in [1.29, 1.82) is 0 Å². The molecule has 0 aliphatic rings. The first kappa shape index (κ1) is 25.4. The standard InChI is InChI=1S/C27H31N2O4P/c1-3-29(4-2)19-20-33-27(31)22-15-17-23(18-16-22)28-26(30)21-34(32,24-11-7-5-8-12-24)25-13-9-6-10-14-25/h5-18H,3-4,19-21H2,1-2H3,(H,28,30). The van der Waals surface area contributed by atoms with Crippen LogP contribution in [0.15, 0.2) is 84.9 Å². The van der Waals surface area contributed by atoms with Gasteiger partial charge in [0.25, 0.3) is 0 Å². The summed E-state index contributed by atoms with van der Waals surface area (Å²) in [5.41, 5.74) is 0.939. The Hall–Kier alpha value is -3.21. The molecule has 1 amide bonds. The largest absolute Gasteiger partial charge is 0.461 e. The van der Waals surface area contributed by atoms with E-state index >= 15 is 0 Å². The summed E-state index contributed by atoms with van der Waals surface area (Å²) in [5.74, 6) is -0.756. The molecule has 0 aromatic heterocycles. The number of hydrogen-bond acceptors (Lipinski definition) is 5. The van der Waals surface area contributed by atoms with Crippen molar-refractivity contribution in [2.45, 2.75) is 13.8 Å². The third kappa shape index (κ3) is 6.66. The molecule has 0 saturated carbocycles. The molecule has 0 saturated heterocycles. The van der Waals surface area contributed by atoms with Crippen LogP contribution in [0.4, 0.5) is 5.69 Å². The average Bonchev–Trinajstić information content (AvgIpc) is 2.88. The first-order valence-electron chi connectivity index (χ1n) is 11.5. The van der Waals surface area contributed by atoms with E-state index in [0.29, 0.717) is 35.0 Å². The number of benzene rings is 3. The summed E-state index contributed by atoms with van der Waals surface area (Å²) >= 11 is 0. The lowest BCUT2D eigenvalue weighted by atomic mass is 10.2. The molecule has 0 bridgehead atoms. The number of carbonyl (C=O) groups excluding carboxylic acids is 2. The minimum Gasteiger partial charge on any atom is -0.461 e. The molecule has 3 aromatic rings. The lowest BCUT2D eigenvalue weighted by Crippen LogP contribution is -2.27. The zero-order valence-electron chi connectivity index (χ0n) is 19.6. The Morgan fingerprint density at radius 1 is 0.824 bits per heavy atom. The fourth-order valence-electron chi connectivity index (χ4n) is 3.65. The number of rotatable bonds is 11. The van der Waals surface area contributed by atoms with Gasteiger partial charge in [0.05, 0.1) is 11.7 Å². The quantitative estimate of drug-likeness (QED) is 0.331. The predicted molar refractivity (Wildman–Crippen MR) is 138 cm³/mol. The van der Waals surface area contributed by atoms with Gasteiger partial charge >= 0.3 is 5.97 Å². The second-order valence-electron chi connectivity index (χ2n) is 7.86. The third-order valence-corrected chi connectivity index (χ3v) is 8.65. The van der Waals surface area contributed by atoms with E-state index in [4.69, 9.17) is 4.74 Å². The van der Waals surface area contributed by atoms with Crippen molar-refractivity contribution >= 4 is 35.3 Å². The second kappa shape index (κ2) is 12.3. The fraction of sp³-hybridized carbons (Fsp3) is 0.259. The number of hydrogen-bond donors (Lipinski definition) is 1. The Bertz CT molecular complexity index is 1070. The van der Waals surface area contributed by atoms with Crippen molar-refractivity contribution in [2.24, 2.45) is 0 Å². The molecule has 178 valence electrons. The number of esters is 1. The van der Waals surface area contributed by atoms with E-state index < -0.39 is 13.1 Å². The van der Waals surface area contributed by atoms with Crippen molar-refractivity contribution in [1.82, 2.24) is 4.90 Å². The van der Waals surface area contributed by atoms with E-state index in [0.717, 1.165) is 13.1 Å². The lowest BCUT2D eigenvalue weighted by molar-refractivity contribution is -0.113. The number of likely N-dealkylation sites (N-methyl/N-ethyl adjacent to an activating group) is 1. The van der Waals surface area contributed by atoms with Crippen LogP contribution >= 0.6 is 7.14 Å². The van der Waals surface area contributed by atoms with Crippen LogP contribution in [0.3, 0.4) is 0 Å². The molecule has 34 heavy (non-hydrogen) atoms. The summed E-state index contributed by atoms with van der Waals surface area (Å²) in [6.45, 7) is 6.96. The first-order valence-corrected chi connectivity index (χ1v) is 13.3. The molecule has 0 spiro atoms. The second-order valence-corrected chi connectivity index (χ2v) is 10.7. The number of nitrogens with one attached hydrogen (secondary N) is 1. The fourth-order valence-corrected chi connectivity index (χ4v) is 6.11. The SMILES string of the molecule is CCN(CC)CCOC(=O)c1ccc(NC(=O)CP(=O)(c2ccccc2)c2ccccc2)cc1.